The molecule has 0 bridgehead atoms. The van der Waals surface area contributed by atoms with Gasteiger partial charge in [0.15, 0.2) is 0 Å². The number of carbonyl (C=O) groups excluding carboxylic acids is 1. The second-order valence-corrected chi connectivity index (χ2v) is 5.76. The first-order valence-electron chi connectivity index (χ1n) is 6.83. The van der Waals surface area contributed by atoms with Crippen molar-refractivity contribution in [3.8, 4) is 11.5 Å². The monoisotopic (exact) mass is 317 g/mol. The number of hydrogen-bond donors (Lipinski definition) is 1. The van der Waals surface area contributed by atoms with Gasteiger partial charge in [-0.3, -0.25) is 4.79 Å². The van der Waals surface area contributed by atoms with Gasteiger partial charge in [-0.25, -0.2) is 0 Å². The molecule has 2 aromatic rings. The molecule has 0 aromatic heterocycles. The lowest BCUT2D eigenvalue weighted by atomic mass is 10.2. The lowest BCUT2D eigenvalue weighted by Gasteiger charge is -2.11. The fraction of sp³-hybridized carbons (Fsp3) is 0.235. The molecule has 0 spiro atoms. The van der Waals surface area contributed by atoms with E-state index in [2.05, 4.69) is 5.32 Å². The van der Waals surface area contributed by atoms with E-state index in [0.29, 0.717) is 22.9 Å². The SMILES string of the molecule is COc1ccc(OC)c(NC(=O)CSc2ccc(C)cc2)c1. The molecule has 0 radical (unpaired) electrons. The van der Waals surface area contributed by atoms with Gasteiger partial charge in [-0.15, -0.1) is 11.8 Å². The summed E-state index contributed by atoms with van der Waals surface area (Å²) >= 11 is 1.50. The summed E-state index contributed by atoms with van der Waals surface area (Å²) in [5, 5.41) is 2.85. The van der Waals surface area contributed by atoms with Crippen LogP contribution in [0.5, 0.6) is 11.5 Å². The molecule has 0 saturated heterocycles. The van der Waals surface area contributed by atoms with Gasteiger partial charge >= 0.3 is 0 Å². The van der Waals surface area contributed by atoms with E-state index in [4.69, 9.17) is 9.47 Å². The largest absolute Gasteiger partial charge is 0.497 e. The Morgan fingerprint density at radius 2 is 1.82 bits per heavy atom. The van der Waals surface area contributed by atoms with E-state index < -0.39 is 0 Å². The number of carbonyl (C=O) groups is 1. The first-order valence-corrected chi connectivity index (χ1v) is 7.82. The maximum Gasteiger partial charge on any atom is 0.234 e. The number of aryl methyl sites for hydroxylation is 1. The Hall–Kier alpha value is -2.14. The smallest absolute Gasteiger partial charge is 0.234 e. The summed E-state index contributed by atoms with van der Waals surface area (Å²) in [6.45, 7) is 2.04. The highest BCUT2D eigenvalue weighted by molar-refractivity contribution is 8.00. The Labute approximate surface area is 134 Å². The number of rotatable bonds is 6. The third kappa shape index (κ3) is 4.43. The Balaban J connectivity index is 1.98. The Morgan fingerprint density at radius 3 is 2.45 bits per heavy atom. The van der Waals surface area contributed by atoms with E-state index in [1.165, 1.54) is 17.3 Å². The molecule has 0 aliphatic heterocycles. The number of amides is 1. The fourth-order valence-corrected chi connectivity index (χ4v) is 2.58. The highest BCUT2D eigenvalue weighted by atomic mass is 32.2. The zero-order valence-corrected chi connectivity index (χ0v) is 13.7. The van der Waals surface area contributed by atoms with Crippen LogP contribution in [0.25, 0.3) is 0 Å². The molecule has 1 amide bonds. The van der Waals surface area contributed by atoms with Crippen LogP contribution in [0.4, 0.5) is 5.69 Å². The Bertz CT molecular complexity index is 641. The molecule has 2 aromatic carbocycles. The fourth-order valence-electron chi connectivity index (χ4n) is 1.88. The summed E-state index contributed by atoms with van der Waals surface area (Å²) in [5.41, 5.74) is 1.81. The minimum absolute atomic E-state index is 0.0860. The first kappa shape index (κ1) is 16.2. The second kappa shape index (κ2) is 7.75. The standard InChI is InChI=1S/C17H19NO3S/c1-12-4-7-14(8-5-12)22-11-17(19)18-15-10-13(20-2)6-9-16(15)21-3/h4-10H,11H2,1-3H3,(H,18,19). The van der Waals surface area contributed by atoms with Crippen LogP contribution in [-0.2, 0) is 4.79 Å². The molecule has 116 valence electrons. The lowest BCUT2D eigenvalue weighted by molar-refractivity contribution is -0.113. The van der Waals surface area contributed by atoms with Crippen molar-refractivity contribution in [1.82, 2.24) is 0 Å². The number of methoxy groups -OCH3 is 2. The van der Waals surface area contributed by atoms with Crippen molar-refractivity contribution in [2.75, 3.05) is 25.3 Å². The van der Waals surface area contributed by atoms with Crippen LogP contribution < -0.4 is 14.8 Å². The normalized spacial score (nSPS) is 10.1. The van der Waals surface area contributed by atoms with Gasteiger partial charge in [0.05, 0.1) is 25.7 Å². The van der Waals surface area contributed by atoms with Crippen molar-refractivity contribution in [3.05, 3.63) is 48.0 Å². The molecule has 22 heavy (non-hydrogen) atoms. The molecule has 1 N–H and O–H groups in total. The first-order chi connectivity index (χ1) is 10.6. The van der Waals surface area contributed by atoms with Gasteiger partial charge in [-0.1, -0.05) is 17.7 Å². The average Bonchev–Trinajstić information content (AvgIpc) is 2.54. The number of hydrogen-bond acceptors (Lipinski definition) is 4. The van der Waals surface area contributed by atoms with Crippen molar-refractivity contribution in [2.24, 2.45) is 0 Å². The summed E-state index contributed by atoms with van der Waals surface area (Å²) in [7, 11) is 3.15. The molecular weight excluding hydrogens is 298 g/mol. The van der Waals surface area contributed by atoms with Gasteiger partial charge in [0, 0.05) is 11.0 Å². The van der Waals surface area contributed by atoms with Crippen LogP contribution >= 0.6 is 11.8 Å². The predicted molar refractivity (Wildman–Crippen MR) is 90.1 cm³/mol. The molecule has 0 aliphatic rings. The van der Waals surface area contributed by atoms with E-state index in [-0.39, 0.29) is 5.91 Å². The van der Waals surface area contributed by atoms with Gasteiger partial charge < -0.3 is 14.8 Å². The van der Waals surface area contributed by atoms with E-state index in [1.54, 1.807) is 32.4 Å². The van der Waals surface area contributed by atoms with E-state index in [9.17, 15) is 4.79 Å². The molecule has 0 saturated carbocycles. The molecule has 5 heteroatoms. The second-order valence-electron chi connectivity index (χ2n) is 4.72. The van der Waals surface area contributed by atoms with Gasteiger partial charge in [0.1, 0.15) is 11.5 Å². The zero-order chi connectivity index (χ0) is 15.9. The van der Waals surface area contributed by atoms with Crippen molar-refractivity contribution in [2.45, 2.75) is 11.8 Å². The van der Waals surface area contributed by atoms with Crippen LogP contribution in [0.15, 0.2) is 47.4 Å². The quantitative estimate of drug-likeness (QED) is 0.825. The van der Waals surface area contributed by atoms with E-state index in [1.807, 2.05) is 31.2 Å². The van der Waals surface area contributed by atoms with E-state index >= 15 is 0 Å². The summed E-state index contributed by atoms with van der Waals surface area (Å²) in [6.07, 6.45) is 0. The minimum Gasteiger partial charge on any atom is -0.497 e. The highest BCUT2D eigenvalue weighted by Gasteiger charge is 2.09. The van der Waals surface area contributed by atoms with Crippen LogP contribution in [0.3, 0.4) is 0 Å². The number of benzene rings is 2. The van der Waals surface area contributed by atoms with Gasteiger partial charge in [0.25, 0.3) is 0 Å². The molecule has 0 atom stereocenters. The number of nitrogens with one attached hydrogen (secondary N) is 1. The molecule has 0 heterocycles. The molecule has 4 nitrogen and oxygen atoms in total. The topological polar surface area (TPSA) is 47.6 Å². The summed E-state index contributed by atoms with van der Waals surface area (Å²) in [6, 6.07) is 13.4. The van der Waals surface area contributed by atoms with Crippen molar-refractivity contribution < 1.29 is 14.3 Å². The highest BCUT2D eigenvalue weighted by Crippen LogP contribution is 2.29. The molecule has 0 aliphatic carbocycles. The van der Waals surface area contributed by atoms with Crippen LogP contribution in [-0.4, -0.2) is 25.9 Å². The zero-order valence-electron chi connectivity index (χ0n) is 12.9. The van der Waals surface area contributed by atoms with Gasteiger partial charge in [-0.2, -0.15) is 0 Å². The van der Waals surface area contributed by atoms with Gasteiger partial charge in [0.2, 0.25) is 5.91 Å². The lowest BCUT2D eigenvalue weighted by Crippen LogP contribution is -2.14. The van der Waals surface area contributed by atoms with Crippen molar-refractivity contribution in [1.29, 1.82) is 0 Å². The number of anilines is 1. The Morgan fingerprint density at radius 1 is 1.09 bits per heavy atom. The van der Waals surface area contributed by atoms with Crippen molar-refractivity contribution in [3.63, 3.8) is 0 Å². The van der Waals surface area contributed by atoms with Gasteiger partial charge in [-0.05, 0) is 31.2 Å². The average molecular weight is 317 g/mol. The molecule has 0 fully saturated rings. The van der Waals surface area contributed by atoms with Crippen LogP contribution in [0.1, 0.15) is 5.56 Å². The maximum atomic E-state index is 12.1. The summed E-state index contributed by atoms with van der Waals surface area (Å²) in [4.78, 5) is 13.2. The number of thioether (sulfide) groups is 1. The molecule has 0 unspecified atom stereocenters. The van der Waals surface area contributed by atoms with Crippen LogP contribution in [0, 0.1) is 6.92 Å². The van der Waals surface area contributed by atoms with Crippen molar-refractivity contribution >= 4 is 23.4 Å². The third-order valence-electron chi connectivity index (χ3n) is 3.07. The Kier molecular flexibility index (Phi) is 5.72. The minimum atomic E-state index is -0.0860. The summed E-state index contributed by atoms with van der Waals surface area (Å²) < 4.78 is 10.4. The number of ether oxygens (including phenoxy) is 2. The molecular formula is C17H19NO3S. The summed E-state index contributed by atoms with van der Waals surface area (Å²) in [5.74, 6) is 1.53. The maximum absolute atomic E-state index is 12.1. The predicted octanol–water partition coefficient (Wildman–Crippen LogP) is 3.74. The molecule has 2 rings (SSSR count). The van der Waals surface area contributed by atoms with E-state index in [0.717, 1.165) is 4.90 Å². The third-order valence-corrected chi connectivity index (χ3v) is 4.08. The van der Waals surface area contributed by atoms with Crippen LogP contribution in [0.2, 0.25) is 0 Å².